The molecule has 1 amide bonds. The number of aromatic nitrogens is 2. The van der Waals surface area contributed by atoms with Gasteiger partial charge in [0.25, 0.3) is 17.4 Å². The molecule has 1 aliphatic rings. The number of nitrogens with one attached hydrogen (secondary N) is 1. The molecule has 0 bridgehead atoms. The summed E-state index contributed by atoms with van der Waals surface area (Å²) in [6.45, 7) is 3.14. The molecule has 1 aromatic carbocycles. The largest absolute Gasteiger partial charge is 0.507 e. The number of ketones is 1. The first-order valence-corrected chi connectivity index (χ1v) is 10.8. The van der Waals surface area contributed by atoms with Gasteiger partial charge < -0.3 is 19.7 Å². The molecule has 1 fully saturated rings. The maximum Gasteiger partial charge on any atom is 0.354 e. The minimum atomic E-state index is -1.12. The standard InChI is InChI=1S/C25H22N4O7/c1-13-18(14(2)27-20(13)25(33)36-3)22(30)19-21(16-7-4-8-17(10-16)29(34)35)28(24(32)23(19)31)12-15-6-5-9-26-11-15/h4-11,21,27,30H,12H2,1-3H3/b22-19+. The Balaban J connectivity index is 1.94. The van der Waals surface area contributed by atoms with Crippen LogP contribution >= 0.6 is 0 Å². The van der Waals surface area contributed by atoms with Crippen molar-refractivity contribution >= 4 is 29.1 Å². The van der Waals surface area contributed by atoms with E-state index in [1.807, 2.05) is 0 Å². The Bertz CT molecular complexity index is 1430. The molecule has 0 radical (unpaired) electrons. The number of aromatic amines is 1. The van der Waals surface area contributed by atoms with Crippen LogP contribution in [-0.2, 0) is 20.9 Å². The number of hydrogen-bond donors (Lipinski definition) is 2. The Morgan fingerprint density at radius 2 is 2.00 bits per heavy atom. The Morgan fingerprint density at radius 3 is 2.64 bits per heavy atom. The van der Waals surface area contributed by atoms with E-state index in [-0.39, 0.29) is 34.6 Å². The van der Waals surface area contributed by atoms with Gasteiger partial charge in [-0.05, 0) is 36.6 Å². The molecule has 184 valence electrons. The highest BCUT2D eigenvalue weighted by molar-refractivity contribution is 6.46. The molecule has 0 saturated carbocycles. The number of methoxy groups -OCH3 is 1. The maximum atomic E-state index is 13.3. The van der Waals surface area contributed by atoms with Gasteiger partial charge >= 0.3 is 5.97 Å². The van der Waals surface area contributed by atoms with Gasteiger partial charge in [-0.2, -0.15) is 0 Å². The second kappa shape index (κ2) is 9.45. The molecule has 0 spiro atoms. The Morgan fingerprint density at radius 1 is 1.25 bits per heavy atom. The Kier molecular flexibility index (Phi) is 6.39. The number of hydrogen-bond acceptors (Lipinski definition) is 8. The number of carbonyl (C=O) groups excluding carboxylic acids is 3. The van der Waals surface area contributed by atoms with Crippen molar-refractivity contribution < 1.29 is 29.2 Å². The van der Waals surface area contributed by atoms with Gasteiger partial charge in [-0.1, -0.05) is 18.2 Å². The molecular formula is C25H22N4O7. The number of nitro groups is 1. The number of H-pyrrole nitrogens is 1. The number of likely N-dealkylation sites (tertiary alicyclic amines) is 1. The van der Waals surface area contributed by atoms with Gasteiger partial charge in [0.2, 0.25) is 0 Å². The molecule has 3 aromatic rings. The average Bonchev–Trinajstić information content (AvgIpc) is 3.31. The third kappa shape index (κ3) is 4.11. The number of Topliss-reactive ketones (excluding diaryl/α,β-unsaturated/α-hetero) is 1. The average molecular weight is 490 g/mol. The molecule has 4 rings (SSSR count). The Hall–Kier alpha value is -4.80. The summed E-state index contributed by atoms with van der Waals surface area (Å²) in [6, 6.07) is 7.82. The van der Waals surface area contributed by atoms with E-state index in [2.05, 4.69) is 9.97 Å². The lowest BCUT2D eigenvalue weighted by atomic mass is 9.93. The number of carbonyl (C=O) groups is 3. The molecule has 1 saturated heterocycles. The monoisotopic (exact) mass is 490 g/mol. The van der Waals surface area contributed by atoms with Crippen LogP contribution in [0.3, 0.4) is 0 Å². The molecule has 2 aromatic heterocycles. The van der Waals surface area contributed by atoms with Gasteiger partial charge in [0, 0.05) is 42.3 Å². The number of aryl methyl sites for hydroxylation is 1. The van der Waals surface area contributed by atoms with Gasteiger partial charge in [-0.3, -0.25) is 24.7 Å². The zero-order chi connectivity index (χ0) is 26.1. The van der Waals surface area contributed by atoms with Crippen LogP contribution in [0.25, 0.3) is 5.76 Å². The van der Waals surface area contributed by atoms with Crippen molar-refractivity contribution in [3.8, 4) is 0 Å². The zero-order valence-electron chi connectivity index (χ0n) is 19.6. The number of amides is 1. The molecule has 36 heavy (non-hydrogen) atoms. The van der Waals surface area contributed by atoms with Crippen molar-refractivity contribution in [1.29, 1.82) is 0 Å². The van der Waals surface area contributed by atoms with Crippen LogP contribution < -0.4 is 0 Å². The third-order valence-electron chi connectivity index (χ3n) is 6.08. The second-order valence-corrected chi connectivity index (χ2v) is 8.26. The summed E-state index contributed by atoms with van der Waals surface area (Å²) in [7, 11) is 1.21. The minimum absolute atomic E-state index is 0.0267. The number of rotatable bonds is 6. The van der Waals surface area contributed by atoms with Crippen molar-refractivity contribution in [2.45, 2.75) is 26.4 Å². The summed E-state index contributed by atoms with van der Waals surface area (Å²) in [6.07, 6.45) is 3.10. The number of aliphatic hydroxyl groups excluding tert-OH is 1. The number of esters is 1. The minimum Gasteiger partial charge on any atom is -0.507 e. The molecule has 1 aliphatic heterocycles. The number of non-ortho nitro benzene ring substituents is 1. The van der Waals surface area contributed by atoms with Gasteiger partial charge in [-0.15, -0.1) is 0 Å². The van der Waals surface area contributed by atoms with Gasteiger partial charge in [0.05, 0.1) is 23.6 Å². The lowest BCUT2D eigenvalue weighted by Gasteiger charge is -2.25. The van der Waals surface area contributed by atoms with Crippen LogP contribution in [0.4, 0.5) is 5.69 Å². The molecular weight excluding hydrogens is 468 g/mol. The van der Waals surface area contributed by atoms with Gasteiger partial charge in [0.15, 0.2) is 0 Å². The van der Waals surface area contributed by atoms with Crippen molar-refractivity contribution in [3.63, 3.8) is 0 Å². The number of ether oxygens (including phenoxy) is 1. The fraction of sp³-hybridized carbons (Fsp3) is 0.200. The molecule has 0 aliphatic carbocycles. The molecule has 11 heteroatoms. The molecule has 11 nitrogen and oxygen atoms in total. The van der Waals surface area contributed by atoms with E-state index in [4.69, 9.17) is 4.74 Å². The van der Waals surface area contributed by atoms with Crippen LogP contribution in [0, 0.1) is 24.0 Å². The quantitative estimate of drug-likeness (QED) is 0.133. The van der Waals surface area contributed by atoms with Gasteiger partial charge in [-0.25, -0.2) is 4.79 Å². The highest BCUT2D eigenvalue weighted by Crippen LogP contribution is 2.42. The Labute approximate surface area is 205 Å². The van der Waals surface area contributed by atoms with Crippen molar-refractivity contribution in [2.24, 2.45) is 0 Å². The van der Waals surface area contributed by atoms with Crippen LogP contribution in [-0.4, -0.2) is 49.7 Å². The van der Waals surface area contributed by atoms with E-state index in [0.29, 0.717) is 16.8 Å². The first-order chi connectivity index (χ1) is 17.1. The lowest BCUT2D eigenvalue weighted by molar-refractivity contribution is -0.384. The lowest BCUT2D eigenvalue weighted by Crippen LogP contribution is -2.29. The first-order valence-electron chi connectivity index (χ1n) is 10.8. The molecule has 3 heterocycles. The van der Waals surface area contributed by atoms with Crippen LogP contribution in [0.5, 0.6) is 0 Å². The van der Waals surface area contributed by atoms with Crippen LogP contribution in [0.1, 0.15) is 44.5 Å². The van der Waals surface area contributed by atoms with Crippen molar-refractivity contribution in [3.05, 3.63) is 98.1 Å². The van der Waals surface area contributed by atoms with Crippen molar-refractivity contribution in [1.82, 2.24) is 14.9 Å². The number of benzene rings is 1. The summed E-state index contributed by atoms with van der Waals surface area (Å²) in [4.78, 5) is 57.6. The third-order valence-corrected chi connectivity index (χ3v) is 6.08. The fourth-order valence-electron chi connectivity index (χ4n) is 4.43. The van der Waals surface area contributed by atoms with E-state index in [0.717, 1.165) is 0 Å². The summed E-state index contributed by atoms with van der Waals surface area (Å²) >= 11 is 0. The smallest absolute Gasteiger partial charge is 0.354 e. The SMILES string of the molecule is COC(=O)c1[nH]c(C)c(/C(O)=C2\C(=O)C(=O)N(Cc3cccnc3)C2c2cccc([N+](=O)[O-])c2)c1C. The molecule has 1 unspecified atom stereocenters. The van der Waals surface area contributed by atoms with E-state index in [1.165, 1.54) is 36.4 Å². The maximum absolute atomic E-state index is 13.3. The predicted molar refractivity (Wildman–Crippen MR) is 127 cm³/mol. The molecule has 1 atom stereocenters. The van der Waals surface area contributed by atoms with E-state index >= 15 is 0 Å². The predicted octanol–water partition coefficient (Wildman–Crippen LogP) is 3.34. The van der Waals surface area contributed by atoms with E-state index in [1.54, 1.807) is 38.2 Å². The normalized spacial score (nSPS) is 16.9. The number of nitrogens with zero attached hydrogens (tertiary/aromatic N) is 3. The summed E-state index contributed by atoms with van der Waals surface area (Å²) in [5, 5.41) is 22.8. The van der Waals surface area contributed by atoms with E-state index in [9.17, 15) is 29.6 Å². The molecule has 2 N–H and O–H groups in total. The topological polar surface area (TPSA) is 156 Å². The van der Waals surface area contributed by atoms with Crippen LogP contribution in [0.2, 0.25) is 0 Å². The second-order valence-electron chi connectivity index (χ2n) is 8.26. The summed E-state index contributed by atoms with van der Waals surface area (Å²) in [5.41, 5.74) is 1.38. The first kappa shape index (κ1) is 24.3. The highest BCUT2D eigenvalue weighted by Gasteiger charge is 2.47. The summed E-state index contributed by atoms with van der Waals surface area (Å²) < 4.78 is 4.77. The van der Waals surface area contributed by atoms with E-state index < -0.39 is 34.4 Å². The number of nitro benzene ring substituents is 1. The number of pyridine rings is 1. The van der Waals surface area contributed by atoms with Crippen molar-refractivity contribution in [2.75, 3.05) is 7.11 Å². The number of aliphatic hydroxyl groups is 1. The fourth-order valence-corrected chi connectivity index (χ4v) is 4.43. The zero-order valence-corrected chi connectivity index (χ0v) is 19.6. The van der Waals surface area contributed by atoms with Gasteiger partial charge in [0.1, 0.15) is 11.5 Å². The highest BCUT2D eigenvalue weighted by atomic mass is 16.6. The summed E-state index contributed by atoms with van der Waals surface area (Å²) in [5.74, 6) is -3.00. The van der Waals surface area contributed by atoms with Crippen LogP contribution in [0.15, 0.2) is 54.4 Å².